The molecule has 0 saturated heterocycles. The SMILES string of the molecule is Cc1nc(C(=O)N(C)C(COC(=O)c2cncs2)CC(C)C)c(-c2ccccc2)s1. The maximum Gasteiger partial charge on any atom is 0.350 e. The number of nitrogens with zero attached hydrogens (tertiary/aromatic N) is 3. The highest BCUT2D eigenvalue weighted by molar-refractivity contribution is 7.15. The predicted octanol–water partition coefficient (Wildman–Crippen LogP) is 4.92. The van der Waals surface area contributed by atoms with Crippen molar-refractivity contribution in [1.29, 1.82) is 0 Å². The summed E-state index contributed by atoms with van der Waals surface area (Å²) in [6, 6.07) is 9.55. The molecule has 0 spiro atoms. The summed E-state index contributed by atoms with van der Waals surface area (Å²) < 4.78 is 5.50. The number of aromatic nitrogens is 2. The van der Waals surface area contributed by atoms with E-state index in [1.807, 2.05) is 37.3 Å². The third-order valence-corrected chi connectivity index (χ3v) is 6.40. The molecule has 0 saturated carbocycles. The number of likely N-dealkylation sites (N-methyl/N-ethyl adjacent to an activating group) is 1. The average Bonchev–Trinajstić information content (AvgIpc) is 3.40. The van der Waals surface area contributed by atoms with Gasteiger partial charge >= 0.3 is 5.97 Å². The van der Waals surface area contributed by atoms with Gasteiger partial charge in [-0.3, -0.25) is 9.78 Å². The van der Waals surface area contributed by atoms with Crippen molar-refractivity contribution in [3.8, 4) is 10.4 Å². The van der Waals surface area contributed by atoms with Crippen LogP contribution in [0.5, 0.6) is 0 Å². The Morgan fingerprint density at radius 1 is 1.20 bits per heavy atom. The summed E-state index contributed by atoms with van der Waals surface area (Å²) >= 11 is 2.74. The number of aryl methyl sites for hydroxylation is 1. The van der Waals surface area contributed by atoms with Gasteiger partial charge in [-0.15, -0.1) is 22.7 Å². The topological polar surface area (TPSA) is 72.4 Å². The minimum absolute atomic E-state index is 0.126. The van der Waals surface area contributed by atoms with Gasteiger partial charge in [-0.05, 0) is 24.8 Å². The summed E-state index contributed by atoms with van der Waals surface area (Å²) in [4.78, 5) is 37.0. The van der Waals surface area contributed by atoms with Gasteiger partial charge in [0.25, 0.3) is 5.91 Å². The van der Waals surface area contributed by atoms with Crippen molar-refractivity contribution < 1.29 is 14.3 Å². The number of esters is 1. The Balaban J connectivity index is 1.80. The molecule has 0 aliphatic carbocycles. The molecule has 2 heterocycles. The summed E-state index contributed by atoms with van der Waals surface area (Å²) in [5.41, 5.74) is 3.00. The van der Waals surface area contributed by atoms with E-state index < -0.39 is 5.97 Å². The molecule has 158 valence electrons. The van der Waals surface area contributed by atoms with Crippen LogP contribution in [-0.2, 0) is 4.74 Å². The molecule has 0 aliphatic heterocycles. The highest BCUT2D eigenvalue weighted by Gasteiger charge is 2.28. The summed E-state index contributed by atoms with van der Waals surface area (Å²) in [7, 11) is 1.75. The Morgan fingerprint density at radius 2 is 1.93 bits per heavy atom. The van der Waals surface area contributed by atoms with Gasteiger partial charge in [-0.25, -0.2) is 9.78 Å². The molecular weight excluding hydrogens is 418 g/mol. The summed E-state index contributed by atoms with van der Waals surface area (Å²) in [6.45, 7) is 6.19. The van der Waals surface area contributed by atoms with E-state index in [0.29, 0.717) is 22.9 Å². The van der Waals surface area contributed by atoms with Crippen molar-refractivity contribution >= 4 is 34.6 Å². The number of carbonyl (C=O) groups excluding carboxylic acids is 2. The van der Waals surface area contributed by atoms with Crippen LogP contribution in [0, 0.1) is 12.8 Å². The van der Waals surface area contributed by atoms with Gasteiger partial charge in [-0.2, -0.15) is 0 Å². The monoisotopic (exact) mass is 443 g/mol. The molecule has 2 aromatic heterocycles. The van der Waals surface area contributed by atoms with Crippen LogP contribution in [0.15, 0.2) is 42.0 Å². The van der Waals surface area contributed by atoms with E-state index in [9.17, 15) is 9.59 Å². The maximum atomic E-state index is 13.4. The number of hydrogen-bond donors (Lipinski definition) is 0. The van der Waals surface area contributed by atoms with Crippen LogP contribution in [0.3, 0.4) is 0 Å². The Morgan fingerprint density at radius 3 is 2.57 bits per heavy atom. The molecule has 1 amide bonds. The molecule has 0 aliphatic rings. The third kappa shape index (κ3) is 5.31. The second-order valence-corrected chi connectivity index (χ2v) is 9.53. The molecule has 1 atom stereocenters. The molecular formula is C22H25N3O3S2. The highest BCUT2D eigenvalue weighted by atomic mass is 32.1. The van der Waals surface area contributed by atoms with Gasteiger partial charge in [0.05, 0.1) is 27.6 Å². The first-order chi connectivity index (χ1) is 14.4. The van der Waals surface area contributed by atoms with E-state index in [-0.39, 0.29) is 18.6 Å². The molecule has 30 heavy (non-hydrogen) atoms. The number of ether oxygens (including phenoxy) is 1. The summed E-state index contributed by atoms with van der Waals surface area (Å²) in [6.07, 6.45) is 2.20. The first-order valence-corrected chi connectivity index (χ1v) is 11.4. The van der Waals surface area contributed by atoms with Crippen molar-refractivity contribution in [3.05, 3.63) is 57.6 Å². The third-order valence-electron chi connectivity index (χ3n) is 4.62. The van der Waals surface area contributed by atoms with Crippen LogP contribution in [0.2, 0.25) is 0 Å². The van der Waals surface area contributed by atoms with E-state index in [4.69, 9.17) is 4.74 Å². The first kappa shape index (κ1) is 22.1. The number of amides is 1. The van der Waals surface area contributed by atoms with E-state index in [1.54, 1.807) is 17.5 Å². The molecule has 1 unspecified atom stereocenters. The molecule has 0 radical (unpaired) electrons. The number of hydrogen-bond acceptors (Lipinski definition) is 7. The second-order valence-electron chi connectivity index (χ2n) is 7.44. The lowest BCUT2D eigenvalue weighted by Gasteiger charge is -2.29. The fourth-order valence-electron chi connectivity index (χ4n) is 3.13. The number of rotatable bonds is 8. The minimum Gasteiger partial charge on any atom is -0.459 e. The van der Waals surface area contributed by atoms with Gasteiger partial charge in [0.2, 0.25) is 0 Å². The standard InChI is InChI=1S/C22H25N3O3S2/c1-14(2)10-17(12-28-22(27)18-11-23-13-29-18)25(4)21(26)19-20(30-15(3)24-19)16-8-6-5-7-9-16/h5-9,11,13-14,17H,10,12H2,1-4H3. The fraction of sp³-hybridized carbons (Fsp3) is 0.364. The van der Waals surface area contributed by atoms with Crippen LogP contribution in [0.4, 0.5) is 0 Å². The van der Waals surface area contributed by atoms with Gasteiger partial charge in [0.1, 0.15) is 17.2 Å². The molecule has 8 heteroatoms. The minimum atomic E-state index is -0.415. The largest absolute Gasteiger partial charge is 0.459 e. The van der Waals surface area contributed by atoms with Gasteiger partial charge in [0.15, 0.2) is 0 Å². The Labute approximate surface area is 184 Å². The lowest BCUT2D eigenvalue weighted by atomic mass is 10.0. The molecule has 0 fully saturated rings. The molecule has 0 N–H and O–H groups in total. The zero-order valence-electron chi connectivity index (χ0n) is 17.5. The van der Waals surface area contributed by atoms with Crippen molar-refractivity contribution in [2.75, 3.05) is 13.7 Å². The Hall–Kier alpha value is -2.58. The van der Waals surface area contributed by atoms with E-state index in [0.717, 1.165) is 15.4 Å². The highest BCUT2D eigenvalue weighted by Crippen LogP contribution is 2.31. The van der Waals surface area contributed by atoms with Crippen molar-refractivity contribution in [3.63, 3.8) is 0 Å². The van der Waals surface area contributed by atoms with Crippen molar-refractivity contribution in [2.24, 2.45) is 5.92 Å². The molecule has 6 nitrogen and oxygen atoms in total. The Bertz CT molecular complexity index is 984. The number of benzene rings is 1. The van der Waals surface area contributed by atoms with E-state index in [2.05, 4.69) is 23.8 Å². The molecule has 0 bridgehead atoms. The predicted molar refractivity (Wildman–Crippen MR) is 120 cm³/mol. The summed E-state index contributed by atoms with van der Waals surface area (Å²) in [5, 5.41) is 0.836. The van der Waals surface area contributed by atoms with Crippen LogP contribution in [0.25, 0.3) is 10.4 Å². The van der Waals surface area contributed by atoms with Gasteiger partial charge in [-0.1, -0.05) is 44.2 Å². The number of carbonyl (C=O) groups is 2. The van der Waals surface area contributed by atoms with Crippen LogP contribution < -0.4 is 0 Å². The van der Waals surface area contributed by atoms with Gasteiger partial charge < -0.3 is 9.64 Å². The van der Waals surface area contributed by atoms with Gasteiger partial charge in [0, 0.05) is 7.05 Å². The van der Waals surface area contributed by atoms with E-state index in [1.165, 1.54) is 28.9 Å². The Kier molecular flexibility index (Phi) is 7.33. The lowest BCUT2D eigenvalue weighted by Crippen LogP contribution is -2.41. The van der Waals surface area contributed by atoms with E-state index >= 15 is 0 Å². The fourth-order valence-corrected chi connectivity index (χ4v) is 4.56. The quantitative estimate of drug-likeness (QED) is 0.462. The van der Waals surface area contributed by atoms with Crippen molar-refractivity contribution in [2.45, 2.75) is 33.2 Å². The van der Waals surface area contributed by atoms with Crippen LogP contribution in [-0.4, -0.2) is 46.4 Å². The second kappa shape index (κ2) is 9.95. The lowest BCUT2D eigenvalue weighted by molar-refractivity contribution is 0.0327. The molecule has 3 rings (SSSR count). The maximum absolute atomic E-state index is 13.4. The molecule has 3 aromatic rings. The average molecular weight is 444 g/mol. The zero-order chi connectivity index (χ0) is 21.7. The van der Waals surface area contributed by atoms with Crippen LogP contribution in [0.1, 0.15) is 45.4 Å². The van der Waals surface area contributed by atoms with Crippen LogP contribution >= 0.6 is 22.7 Å². The zero-order valence-corrected chi connectivity index (χ0v) is 19.1. The smallest absolute Gasteiger partial charge is 0.350 e. The summed E-state index contributed by atoms with van der Waals surface area (Å²) in [5.74, 6) is -0.252. The number of thiazole rings is 2. The van der Waals surface area contributed by atoms with Crippen molar-refractivity contribution in [1.82, 2.24) is 14.9 Å². The normalized spacial score (nSPS) is 12.0. The molecule has 1 aromatic carbocycles. The first-order valence-electron chi connectivity index (χ1n) is 9.72.